The number of nitrogens with zero attached hydrogens (tertiary/aromatic N) is 4. The molecule has 2 aromatic heterocycles. The van der Waals surface area contributed by atoms with E-state index >= 15 is 0 Å². The Morgan fingerprint density at radius 3 is 2.43 bits per heavy atom. The van der Waals surface area contributed by atoms with E-state index in [1.165, 1.54) is 12.4 Å². The van der Waals surface area contributed by atoms with E-state index in [-0.39, 0.29) is 11.1 Å². The largest absolute Gasteiger partial charge is 0.324 e. The number of halogens is 1. The topological polar surface area (TPSA) is 110 Å². The third-order valence-corrected chi connectivity index (χ3v) is 5.17. The molecular formula is C13H17ClN6O2S. The molecule has 8 nitrogen and oxygen atoms in total. The Kier molecular flexibility index (Phi) is 4.71. The zero-order valence-electron chi connectivity index (χ0n) is 13.1. The maximum Gasteiger partial charge on any atom is 0.238 e. The Bertz CT molecular complexity index is 819. The number of hydrogen-bond donors (Lipinski definition) is 2. The van der Waals surface area contributed by atoms with Gasteiger partial charge in [0.2, 0.25) is 15.3 Å². The van der Waals surface area contributed by atoms with E-state index in [0.29, 0.717) is 11.6 Å². The van der Waals surface area contributed by atoms with Crippen LogP contribution in [0, 0.1) is 6.92 Å². The van der Waals surface area contributed by atoms with Crippen molar-refractivity contribution in [2.45, 2.75) is 32.4 Å². The van der Waals surface area contributed by atoms with E-state index in [4.69, 9.17) is 11.6 Å². The summed E-state index contributed by atoms with van der Waals surface area (Å²) in [6, 6.07) is 1.47. The minimum atomic E-state index is -3.57. The lowest BCUT2D eigenvalue weighted by Gasteiger charge is -2.20. The molecular weight excluding hydrogens is 340 g/mol. The fraction of sp³-hybridized carbons (Fsp3) is 0.385. The Morgan fingerprint density at radius 1 is 1.13 bits per heavy atom. The summed E-state index contributed by atoms with van der Waals surface area (Å²) in [5.74, 6) is 1.02. The summed E-state index contributed by atoms with van der Waals surface area (Å²) in [7, 11) is -3.57. The first kappa shape index (κ1) is 17.4. The molecule has 0 radical (unpaired) electrons. The van der Waals surface area contributed by atoms with Gasteiger partial charge in [0.25, 0.3) is 0 Å². The third kappa shape index (κ3) is 4.26. The van der Waals surface area contributed by atoms with E-state index < -0.39 is 14.8 Å². The molecule has 10 heteroatoms. The number of hydrogen-bond acceptors (Lipinski definition) is 7. The van der Waals surface area contributed by atoms with Gasteiger partial charge in [-0.3, -0.25) is 4.72 Å². The van der Waals surface area contributed by atoms with Gasteiger partial charge in [0, 0.05) is 17.8 Å². The Morgan fingerprint density at radius 2 is 1.78 bits per heavy atom. The van der Waals surface area contributed by atoms with E-state index in [1.807, 2.05) is 6.92 Å². The average molecular weight is 357 g/mol. The number of nitrogens with one attached hydrogen (secondary N) is 2. The van der Waals surface area contributed by atoms with Crippen LogP contribution in [0.25, 0.3) is 0 Å². The molecule has 0 atom stereocenters. The van der Waals surface area contributed by atoms with Crippen LogP contribution in [0.3, 0.4) is 0 Å². The number of anilines is 3. The highest BCUT2D eigenvalue weighted by Crippen LogP contribution is 2.21. The van der Waals surface area contributed by atoms with Crippen LogP contribution >= 0.6 is 11.6 Å². The van der Waals surface area contributed by atoms with Gasteiger partial charge in [-0.1, -0.05) is 0 Å². The van der Waals surface area contributed by atoms with Gasteiger partial charge in [-0.15, -0.1) is 0 Å². The smallest absolute Gasteiger partial charge is 0.238 e. The van der Waals surface area contributed by atoms with Crippen molar-refractivity contribution in [2.24, 2.45) is 0 Å². The minimum absolute atomic E-state index is 0.0980. The predicted molar refractivity (Wildman–Crippen MR) is 89.4 cm³/mol. The summed E-state index contributed by atoms with van der Waals surface area (Å²) in [4.78, 5) is 15.9. The second-order valence-electron chi connectivity index (χ2n) is 5.80. The maximum atomic E-state index is 12.2. The SMILES string of the molecule is Cc1cnc(Cl)nc1Nc1cc(NS(=O)(=O)C(C)(C)C)ncn1. The average Bonchev–Trinajstić information content (AvgIpc) is 2.41. The van der Waals surface area contributed by atoms with Crippen molar-refractivity contribution in [3.8, 4) is 0 Å². The molecule has 0 aliphatic heterocycles. The first-order valence-corrected chi connectivity index (χ1v) is 8.55. The first-order chi connectivity index (χ1) is 10.6. The highest BCUT2D eigenvalue weighted by Gasteiger charge is 2.29. The van der Waals surface area contributed by atoms with E-state index in [1.54, 1.807) is 27.0 Å². The molecule has 0 fully saturated rings. The van der Waals surface area contributed by atoms with Gasteiger partial charge in [-0.25, -0.2) is 28.4 Å². The van der Waals surface area contributed by atoms with Crippen LogP contribution in [0.2, 0.25) is 5.28 Å². The van der Waals surface area contributed by atoms with Crippen LogP contribution in [0.5, 0.6) is 0 Å². The molecule has 2 N–H and O–H groups in total. The van der Waals surface area contributed by atoms with Crippen molar-refractivity contribution in [2.75, 3.05) is 10.0 Å². The van der Waals surface area contributed by atoms with Gasteiger partial charge in [0.05, 0.1) is 4.75 Å². The molecule has 0 saturated carbocycles. The lowest BCUT2D eigenvalue weighted by molar-refractivity contribution is 0.566. The molecule has 0 aliphatic rings. The molecule has 124 valence electrons. The molecule has 0 bridgehead atoms. The quantitative estimate of drug-likeness (QED) is 0.810. The monoisotopic (exact) mass is 356 g/mol. The molecule has 2 rings (SSSR count). The second kappa shape index (κ2) is 6.25. The van der Waals surface area contributed by atoms with E-state index in [9.17, 15) is 8.42 Å². The van der Waals surface area contributed by atoms with Gasteiger partial charge in [0.1, 0.15) is 23.8 Å². The molecule has 0 unspecified atom stereocenters. The lowest BCUT2D eigenvalue weighted by Crippen LogP contribution is -2.34. The summed E-state index contributed by atoms with van der Waals surface area (Å²) in [5, 5.41) is 3.05. The molecule has 2 aromatic rings. The summed E-state index contributed by atoms with van der Waals surface area (Å²) in [6.07, 6.45) is 2.82. The van der Waals surface area contributed by atoms with Crippen LogP contribution < -0.4 is 10.0 Å². The zero-order valence-corrected chi connectivity index (χ0v) is 14.7. The molecule has 23 heavy (non-hydrogen) atoms. The molecule has 2 heterocycles. The fourth-order valence-corrected chi connectivity index (χ4v) is 2.27. The third-order valence-electron chi connectivity index (χ3n) is 2.90. The standard InChI is InChI=1S/C13H17ClN6O2S/c1-8-6-15-12(14)19-11(8)18-9-5-10(17-7-16-9)20-23(21,22)13(2,3)4/h5-7H,1-4H3,(H2,15,16,17,18,19,20). The van der Waals surface area contributed by atoms with Crippen LogP contribution in [0.4, 0.5) is 17.5 Å². The summed E-state index contributed by atoms with van der Waals surface area (Å²) in [5.41, 5.74) is 0.768. The van der Waals surface area contributed by atoms with Gasteiger partial charge < -0.3 is 5.32 Å². The maximum absolute atomic E-state index is 12.2. The Labute approximate surface area is 139 Å². The van der Waals surface area contributed by atoms with Crippen molar-refractivity contribution < 1.29 is 8.42 Å². The van der Waals surface area contributed by atoms with E-state index in [0.717, 1.165) is 5.56 Å². The van der Waals surface area contributed by atoms with Gasteiger partial charge in [0.15, 0.2) is 0 Å². The summed E-state index contributed by atoms with van der Waals surface area (Å²) < 4.78 is 25.8. The number of aryl methyl sites for hydroxylation is 1. The second-order valence-corrected chi connectivity index (χ2v) is 8.58. The lowest BCUT2D eigenvalue weighted by atomic mass is 10.3. The number of rotatable bonds is 4. The van der Waals surface area contributed by atoms with Crippen molar-refractivity contribution in [3.63, 3.8) is 0 Å². The predicted octanol–water partition coefficient (Wildman–Crippen LogP) is 2.51. The number of aromatic nitrogens is 4. The van der Waals surface area contributed by atoms with Gasteiger partial charge in [-0.2, -0.15) is 0 Å². The molecule has 0 spiro atoms. The van der Waals surface area contributed by atoms with E-state index in [2.05, 4.69) is 30.0 Å². The van der Waals surface area contributed by atoms with Gasteiger partial charge in [-0.05, 0) is 39.3 Å². The minimum Gasteiger partial charge on any atom is -0.324 e. The Hall–Kier alpha value is -2.00. The van der Waals surface area contributed by atoms with Crippen LogP contribution in [-0.4, -0.2) is 33.1 Å². The highest BCUT2D eigenvalue weighted by molar-refractivity contribution is 7.94. The Balaban J connectivity index is 2.26. The van der Waals surface area contributed by atoms with Crippen molar-refractivity contribution >= 4 is 39.1 Å². The van der Waals surface area contributed by atoms with Crippen LogP contribution in [-0.2, 0) is 10.0 Å². The number of sulfonamides is 1. The van der Waals surface area contributed by atoms with Crippen molar-refractivity contribution in [1.29, 1.82) is 0 Å². The summed E-state index contributed by atoms with van der Waals surface area (Å²) >= 11 is 5.76. The van der Waals surface area contributed by atoms with Gasteiger partial charge >= 0.3 is 0 Å². The molecule has 0 aliphatic carbocycles. The fourth-order valence-electron chi connectivity index (χ4n) is 1.44. The van der Waals surface area contributed by atoms with Crippen molar-refractivity contribution in [1.82, 2.24) is 19.9 Å². The highest BCUT2D eigenvalue weighted by atomic mass is 35.5. The van der Waals surface area contributed by atoms with Crippen molar-refractivity contribution in [3.05, 3.63) is 29.4 Å². The molecule has 0 aromatic carbocycles. The van der Waals surface area contributed by atoms with Crippen LogP contribution in [0.15, 0.2) is 18.6 Å². The zero-order chi connectivity index (χ0) is 17.3. The van der Waals surface area contributed by atoms with Crippen LogP contribution in [0.1, 0.15) is 26.3 Å². The summed E-state index contributed by atoms with van der Waals surface area (Å²) in [6.45, 7) is 6.61. The molecule has 0 saturated heterocycles. The first-order valence-electron chi connectivity index (χ1n) is 6.69. The normalized spacial score (nSPS) is 12.0. The molecule has 0 amide bonds.